The molecule has 7 heteroatoms. The lowest BCUT2D eigenvalue weighted by molar-refractivity contribution is -0.146. The number of hydrogen-bond acceptors (Lipinski definition) is 5. The quantitative estimate of drug-likeness (QED) is 0.453. The monoisotopic (exact) mass is 438 g/mol. The van der Waals surface area contributed by atoms with E-state index < -0.39 is 5.92 Å². The third kappa shape index (κ3) is 6.57. The zero-order valence-corrected chi connectivity index (χ0v) is 18.6. The van der Waals surface area contributed by atoms with E-state index in [9.17, 15) is 14.4 Å². The van der Waals surface area contributed by atoms with Gasteiger partial charge in [0.15, 0.2) is 0 Å². The number of anilines is 1. The Hall–Kier alpha value is -3.35. The molecule has 0 spiro atoms. The average Bonchev–Trinajstić information content (AvgIpc) is 2.81. The summed E-state index contributed by atoms with van der Waals surface area (Å²) in [4.78, 5) is 37.9. The summed E-state index contributed by atoms with van der Waals surface area (Å²) in [5.41, 5.74) is 2.90. The van der Waals surface area contributed by atoms with Crippen LogP contribution in [0.2, 0.25) is 0 Å². The van der Waals surface area contributed by atoms with Crippen LogP contribution in [0.4, 0.5) is 5.69 Å². The molecular weight excluding hydrogens is 408 g/mol. The number of carbonyl (C=O) groups excluding carboxylic acids is 3. The van der Waals surface area contributed by atoms with Crippen LogP contribution in [-0.4, -0.2) is 42.9 Å². The SMILES string of the molecule is COC(=O)C(C)CN(Cc1ccccc1)C(=O)CCCOc1ccc2c(c1)CCC(=O)N2. The molecule has 0 fully saturated rings. The number of rotatable bonds is 10. The second kappa shape index (κ2) is 11.3. The van der Waals surface area contributed by atoms with Crippen molar-refractivity contribution < 1.29 is 23.9 Å². The van der Waals surface area contributed by atoms with Crippen molar-refractivity contribution in [3.63, 3.8) is 0 Å². The van der Waals surface area contributed by atoms with Crippen LogP contribution in [0.5, 0.6) is 5.75 Å². The minimum absolute atomic E-state index is 0.0265. The molecule has 0 radical (unpaired) electrons. The first-order valence-electron chi connectivity index (χ1n) is 10.9. The Kier molecular flexibility index (Phi) is 8.25. The van der Waals surface area contributed by atoms with Gasteiger partial charge in [0.05, 0.1) is 19.6 Å². The van der Waals surface area contributed by atoms with E-state index in [0.717, 1.165) is 22.6 Å². The van der Waals surface area contributed by atoms with Crippen molar-refractivity contribution in [2.75, 3.05) is 25.6 Å². The van der Waals surface area contributed by atoms with Crippen LogP contribution in [0.3, 0.4) is 0 Å². The van der Waals surface area contributed by atoms with Crippen LogP contribution < -0.4 is 10.1 Å². The van der Waals surface area contributed by atoms with E-state index in [-0.39, 0.29) is 17.8 Å². The van der Waals surface area contributed by atoms with Gasteiger partial charge in [-0.25, -0.2) is 0 Å². The number of ether oxygens (including phenoxy) is 2. The summed E-state index contributed by atoms with van der Waals surface area (Å²) in [6, 6.07) is 15.3. The molecule has 32 heavy (non-hydrogen) atoms. The molecule has 0 bridgehead atoms. The van der Waals surface area contributed by atoms with Crippen molar-refractivity contribution in [2.45, 2.75) is 39.2 Å². The van der Waals surface area contributed by atoms with Gasteiger partial charge in [0.25, 0.3) is 0 Å². The number of aryl methyl sites for hydroxylation is 1. The van der Waals surface area contributed by atoms with E-state index in [0.29, 0.717) is 45.4 Å². The molecule has 2 amide bonds. The zero-order chi connectivity index (χ0) is 22.9. The maximum Gasteiger partial charge on any atom is 0.310 e. The number of nitrogens with one attached hydrogen (secondary N) is 1. The van der Waals surface area contributed by atoms with Gasteiger partial charge < -0.3 is 19.7 Å². The van der Waals surface area contributed by atoms with Crippen molar-refractivity contribution in [1.82, 2.24) is 4.90 Å². The summed E-state index contributed by atoms with van der Waals surface area (Å²) >= 11 is 0. The minimum Gasteiger partial charge on any atom is -0.494 e. The van der Waals surface area contributed by atoms with E-state index in [1.807, 2.05) is 48.5 Å². The highest BCUT2D eigenvalue weighted by Gasteiger charge is 2.22. The summed E-state index contributed by atoms with van der Waals surface area (Å²) in [5, 5.41) is 2.85. The summed E-state index contributed by atoms with van der Waals surface area (Å²) < 4.78 is 10.6. The van der Waals surface area contributed by atoms with Crippen molar-refractivity contribution in [2.24, 2.45) is 5.92 Å². The third-order valence-electron chi connectivity index (χ3n) is 5.44. The molecule has 7 nitrogen and oxygen atoms in total. The molecule has 1 aliphatic heterocycles. The largest absolute Gasteiger partial charge is 0.494 e. The average molecular weight is 439 g/mol. The molecular formula is C25H30N2O5. The Morgan fingerprint density at radius 1 is 1.12 bits per heavy atom. The molecule has 0 saturated heterocycles. The van der Waals surface area contributed by atoms with Gasteiger partial charge in [-0.3, -0.25) is 14.4 Å². The van der Waals surface area contributed by atoms with Gasteiger partial charge in [0, 0.05) is 31.6 Å². The van der Waals surface area contributed by atoms with E-state index >= 15 is 0 Å². The van der Waals surface area contributed by atoms with Crippen LogP contribution in [0.15, 0.2) is 48.5 Å². The Bertz CT molecular complexity index is 945. The van der Waals surface area contributed by atoms with Crippen molar-refractivity contribution in [3.05, 3.63) is 59.7 Å². The molecule has 0 aliphatic carbocycles. The standard InChI is InChI=1S/C25H30N2O5/c1-18(25(30)31-2)16-27(17-19-7-4-3-5-8-19)24(29)9-6-14-32-21-11-12-22-20(15-21)10-13-23(28)26-22/h3-5,7-8,11-12,15,18H,6,9-10,13-14,16-17H2,1-2H3,(H,26,28). The Labute approximate surface area is 188 Å². The Morgan fingerprint density at radius 3 is 2.66 bits per heavy atom. The van der Waals surface area contributed by atoms with E-state index in [2.05, 4.69) is 5.32 Å². The van der Waals surface area contributed by atoms with E-state index in [1.54, 1.807) is 11.8 Å². The lowest BCUT2D eigenvalue weighted by Gasteiger charge is -2.25. The normalized spacial score (nSPS) is 13.5. The van der Waals surface area contributed by atoms with Gasteiger partial charge in [-0.05, 0) is 42.2 Å². The number of esters is 1. The number of benzene rings is 2. The van der Waals surface area contributed by atoms with Crippen LogP contribution >= 0.6 is 0 Å². The zero-order valence-electron chi connectivity index (χ0n) is 18.6. The van der Waals surface area contributed by atoms with Gasteiger partial charge in [0.2, 0.25) is 11.8 Å². The first-order chi connectivity index (χ1) is 15.5. The predicted molar refractivity (Wildman–Crippen MR) is 121 cm³/mol. The highest BCUT2D eigenvalue weighted by Crippen LogP contribution is 2.27. The van der Waals surface area contributed by atoms with E-state index in [1.165, 1.54) is 7.11 Å². The molecule has 1 heterocycles. The molecule has 170 valence electrons. The molecule has 2 aromatic rings. The van der Waals surface area contributed by atoms with Gasteiger partial charge >= 0.3 is 5.97 Å². The van der Waals surface area contributed by atoms with Crippen molar-refractivity contribution in [3.8, 4) is 5.75 Å². The van der Waals surface area contributed by atoms with Crippen LogP contribution in [0, 0.1) is 5.92 Å². The smallest absolute Gasteiger partial charge is 0.310 e. The highest BCUT2D eigenvalue weighted by molar-refractivity contribution is 5.94. The lowest BCUT2D eigenvalue weighted by atomic mass is 10.0. The fourth-order valence-electron chi connectivity index (χ4n) is 3.69. The molecule has 1 unspecified atom stereocenters. The number of hydrogen-bond donors (Lipinski definition) is 1. The topological polar surface area (TPSA) is 84.9 Å². The van der Waals surface area contributed by atoms with Crippen LogP contribution in [0.25, 0.3) is 0 Å². The second-order valence-electron chi connectivity index (χ2n) is 8.00. The summed E-state index contributed by atoms with van der Waals surface area (Å²) in [7, 11) is 1.36. The Balaban J connectivity index is 1.52. The van der Waals surface area contributed by atoms with Crippen LogP contribution in [-0.2, 0) is 32.1 Å². The lowest BCUT2D eigenvalue weighted by Crippen LogP contribution is -2.36. The van der Waals surface area contributed by atoms with Crippen molar-refractivity contribution in [1.29, 1.82) is 0 Å². The number of amides is 2. The molecule has 1 N–H and O–H groups in total. The first-order valence-corrected chi connectivity index (χ1v) is 10.9. The number of carbonyl (C=O) groups is 3. The molecule has 0 aromatic heterocycles. The van der Waals surface area contributed by atoms with Gasteiger partial charge in [-0.15, -0.1) is 0 Å². The molecule has 3 rings (SSSR count). The number of nitrogens with zero attached hydrogens (tertiary/aromatic N) is 1. The number of fused-ring (bicyclic) bond motifs is 1. The molecule has 2 aromatic carbocycles. The molecule has 1 aliphatic rings. The third-order valence-corrected chi connectivity index (χ3v) is 5.44. The molecule has 1 atom stereocenters. The van der Waals surface area contributed by atoms with E-state index in [4.69, 9.17) is 9.47 Å². The maximum atomic E-state index is 12.9. The van der Waals surface area contributed by atoms with Crippen molar-refractivity contribution >= 4 is 23.5 Å². The fraction of sp³-hybridized carbons (Fsp3) is 0.400. The Morgan fingerprint density at radius 2 is 1.91 bits per heavy atom. The summed E-state index contributed by atoms with van der Waals surface area (Å²) in [6.45, 7) is 2.91. The number of methoxy groups -OCH3 is 1. The van der Waals surface area contributed by atoms with Gasteiger partial charge in [0.1, 0.15) is 5.75 Å². The highest BCUT2D eigenvalue weighted by atomic mass is 16.5. The fourth-order valence-corrected chi connectivity index (χ4v) is 3.69. The minimum atomic E-state index is -0.403. The molecule has 0 saturated carbocycles. The second-order valence-corrected chi connectivity index (χ2v) is 8.00. The van der Waals surface area contributed by atoms with Gasteiger partial charge in [-0.1, -0.05) is 37.3 Å². The van der Waals surface area contributed by atoms with Crippen LogP contribution in [0.1, 0.15) is 37.3 Å². The summed E-state index contributed by atoms with van der Waals surface area (Å²) in [5.74, 6) is 0.00288. The summed E-state index contributed by atoms with van der Waals surface area (Å²) in [6.07, 6.45) is 2.06. The predicted octanol–water partition coefficient (Wildman–Crippen LogP) is 3.57. The van der Waals surface area contributed by atoms with Gasteiger partial charge in [-0.2, -0.15) is 0 Å². The maximum absolute atomic E-state index is 12.9. The first kappa shape index (κ1) is 23.3.